The number of likely N-dealkylation sites (N-methyl/N-ethyl adjacent to an activating group) is 1. The first kappa shape index (κ1) is 23.7. The van der Waals surface area contributed by atoms with Crippen LogP contribution in [0.5, 0.6) is 0 Å². The van der Waals surface area contributed by atoms with Crippen LogP contribution in [0.25, 0.3) is 11.1 Å². The number of methoxy groups -OCH3 is 1. The van der Waals surface area contributed by atoms with Crippen molar-refractivity contribution in [2.75, 3.05) is 50.7 Å². The van der Waals surface area contributed by atoms with Crippen LogP contribution < -0.4 is 11.1 Å². The molecule has 7 heteroatoms. The molecule has 2 rings (SSSR count). The third-order valence-corrected chi connectivity index (χ3v) is 6.84. The minimum atomic E-state index is -0.0285. The van der Waals surface area contributed by atoms with Crippen molar-refractivity contribution in [2.24, 2.45) is 0 Å². The summed E-state index contributed by atoms with van der Waals surface area (Å²) in [4.78, 5) is 14.6. The van der Waals surface area contributed by atoms with E-state index in [0.29, 0.717) is 13.2 Å². The highest BCUT2D eigenvalue weighted by Crippen LogP contribution is 2.48. The Labute approximate surface area is 183 Å². The fourth-order valence-corrected chi connectivity index (χ4v) is 5.51. The van der Waals surface area contributed by atoms with E-state index in [4.69, 9.17) is 10.5 Å². The number of carbonyl (C=O) groups excluding carboxylic acids is 1. The molecule has 5 nitrogen and oxygen atoms in total. The monoisotopic (exact) mass is 435 g/mol. The highest BCUT2D eigenvalue weighted by Gasteiger charge is 2.27. The molecule has 1 aromatic carbocycles. The van der Waals surface area contributed by atoms with Crippen molar-refractivity contribution in [3.8, 4) is 11.1 Å². The van der Waals surface area contributed by atoms with Crippen LogP contribution in [0, 0.1) is 0 Å². The first-order valence-electron chi connectivity index (χ1n) is 9.79. The lowest BCUT2D eigenvalue weighted by Crippen LogP contribution is -2.35. The molecule has 0 bridgehead atoms. The van der Waals surface area contributed by atoms with Crippen molar-refractivity contribution >= 4 is 39.7 Å². The molecular weight excluding hydrogens is 402 g/mol. The molecule has 2 aromatic rings. The lowest BCUT2D eigenvalue weighted by Gasteiger charge is -2.22. The number of rotatable bonds is 9. The van der Waals surface area contributed by atoms with E-state index in [9.17, 15) is 4.79 Å². The summed E-state index contributed by atoms with van der Waals surface area (Å²) in [6, 6.07) is 7.96. The molecule has 0 aliphatic rings. The molecule has 0 radical (unpaired) electrons. The number of amides is 1. The van der Waals surface area contributed by atoms with Gasteiger partial charge in [0.2, 0.25) is 5.91 Å². The largest absolute Gasteiger partial charge is 0.390 e. The number of benzene rings is 1. The number of thiophene rings is 1. The van der Waals surface area contributed by atoms with Gasteiger partial charge in [0.05, 0.1) is 22.4 Å². The Bertz CT molecular complexity index is 828. The number of hydrogen-bond donors (Lipinski definition) is 2. The van der Waals surface area contributed by atoms with Gasteiger partial charge in [-0.05, 0) is 41.5 Å². The van der Waals surface area contributed by atoms with Gasteiger partial charge in [-0.3, -0.25) is 9.69 Å². The summed E-state index contributed by atoms with van der Waals surface area (Å²) in [5.74, 6) is -0.0285. The second kappa shape index (κ2) is 10.5. The molecule has 0 aliphatic heterocycles. The lowest BCUT2D eigenvalue weighted by molar-refractivity contribution is -0.117. The number of thioether (sulfide) groups is 1. The summed E-state index contributed by atoms with van der Waals surface area (Å²) in [5, 5.41) is 3.85. The molecule has 0 spiro atoms. The maximum Gasteiger partial charge on any atom is 0.238 e. The maximum atomic E-state index is 12.5. The van der Waals surface area contributed by atoms with Gasteiger partial charge in [0.1, 0.15) is 0 Å². The van der Waals surface area contributed by atoms with Crippen LogP contribution in [0.15, 0.2) is 28.5 Å². The van der Waals surface area contributed by atoms with Crippen molar-refractivity contribution < 1.29 is 9.53 Å². The normalized spacial score (nSPS) is 11.8. The van der Waals surface area contributed by atoms with Crippen LogP contribution in [-0.4, -0.2) is 50.4 Å². The highest BCUT2D eigenvalue weighted by molar-refractivity contribution is 8.00. The minimum absolute atomic E-state index is 0.0238. The van der Waals surface area contributed by atoms with Gasteiger partial charge in [-0.25, -0.2) is 0 Å². The topological polar surface area (TPSA) is 67.6 Å². The fourth-order valence-electron chi connectivity index (χ4n) is 3.26. The average Bonchev–Trinajstić information content (AvgIpc) is 3.02. The first-order chi connectivity index (χ1) is 13.7. The zero-order valence-electron chi connectivity index (χ0n) is 18.3. The molecule has 0 saturated heterocycles. The van der Waals surface area contributed by atoms with E-state index in [1.165, 1.54) is 9.77 Å². The Morgan fingerprint density at radius 3 is 2.66 bits per heavy atom. The Morgan fingerprint density at radius 2 is 2.07 bits per heavy atom. The SMILES string of the molecule is CCN(CCOC)CC(=O)Nc1cccc(-c2c(N)sc(SC)c2C(C)(C)C)c1. The van der Waals surface area contributed by atoms with E-state index in [1.54, 1.807) is 30.2 Å². The molecule has 29 heavy (non-hydrogen) atoms. The van der Waals surface area contributed by atoms with Gasteiger partial charge in [0, 0.05) is 24.9 Å². The van der Waals surface area contributed by atoms with Gasteiger partial charge >= 0.3 is 0 Å². The number of hydrogen-bond acceptors (Lipinski definition) is 6. The van der Waals surface area contributed by atoms with Crippen LogP contribution in [0.1, 0.15) is 33.3 Å². The van der Waals surface area contributed by atoms with E-state index in [-0.39, 0.29) is 11.3 Å². The molecule has 3 N–H and O–H groups in total. The quantitative estimate of drug-likeness (QED) is 0.547. The summed E-state index contributed by atoms with van der Waals surface area (Å²) in [6.45, 7) is 11.2. The van der Waals surface area contributed by atoms with E-state index in [0.717, 1.165) is 34.9 Å². The van der Waals surface area contributed by atoms with Gasteiger partial charge < -0.3 is 15.8 Å². The minimum Gasteiger partial charge on any atom is -0.390 e. The van der Waals surface area contributed by atoms with Crippen molar-refractivity contribution in [3.63, 3.8) is 0 Å². The molecule has 160 valence electrons. The molecule has 0 unspecified atom stereocenters. The molecule has 0 fully saturated rings. The van der Waals surface area contributed by atoms with Crippen LogP contribution in [0.3, 0.4) is 0 Å². The third-order valence-electron chi connectivity index (χ3n) is 4.70. The van der Waals surface area contributed by atoms with E-state index < -0.39 is 0 Å². The van der Waals surface area contributed by atoms with Crippen molar-refractivity contribution in [2.45, 2.75) is 37.3 Å². The lowest BCUT2D eigenvalue weighted by atomic mass is 9.84. The fraction of sp³-hybridized carbons (Fsp3) is 0.500. The predicted octanol–water partition coefficient (Wildman–Crippen LogP) is 4.92. The summed E-state index contributed by atoms with van der Waals surface area (Å²) in [6.07, 6.45) is 2.09. The zero-order chi connectivity index (χ0) is 21.6. The Morgan fingerprint density at radius 1 is 1.34 bits per heavy atom. The Hall–Kier alpha value is -1.54. The summed E-state index contributed by atoms with van der Waals surface area (Å²) < 4.78 is 6.36. The molecule has 0 saturated carbocycles. The molecule has 0 aliphatic carbocycles. The number of anilines is 2. The molecule has 1 amide bonds. The van der Waals surface area contributed by atoms with E-state index >= 15 is 0 Å². The third kappa shape index (κ3) is 6.22. The van der Waals surface area contributed by atoms with Gasteiger partial charge in [0.25, 0.3) is 0 Å². The maximum absolute atomic E-state index is 12.5. The van der Waals surface area contributed by atoms with Gasteiger partial charge in [-0.15, -0.1) is 23.1 Å². The van der Waals surface area contributed by atoms with Gasteiger partial charge in [-0.1, -0.05) is 39.8 Å². The van der Waals surface area contributed by atoms with Crippen molar-refractivity contribution in [3.05, 3.63) is 29.8 Å². The van der Waals surface area contributed by atoms with E-state index in [2.05, 4.69) is 43.3 Å². The van der Waals surface area contributed by atoms with Crippen molar-refractivity contribution in [1.29, 1.82) is 0 Å². The zero-order valence-corrected chi connectivity index (χ0v) is 19.9. The van der Waals surface area contributed by atoms with Crippen LogP contribution in [0.2, 0.25) is 0 Å². The number of nitrogens with one attached hydrogen (secondary N) is 1. The molecule has 1 aromatic heterocycles. The second-order valence-electron chi connectivity index (χ2n) is 7.95. The molecule has 1 heterocycles. The smallest absolute Gasteiger partial charge is 0.238 e. The highest BCUT2D eigenvalue weighted by atomic mass is 32.2. The van der Waals surface area contributed by atoms with Crippen LogP contribution >= 0.6 is 23.1 Å². The summed E-state index contributed by atoms with van der Waals surface area (Å²) >= 11 is 3.37. The predicted molar refractivity (Wildman–Crippen MR) is 127 cm³/mol. The number of nitrogens with two attached hydrogens (primary N) is 1. The van der Waals surface area contributed by atoms with Crippen molar-refractivity contribution in [1.82, 2.24) is 4.90 Å². The second-order valence-corrected chi connectivity index (χ2v) is 10.1. The van der Waals surface area contributed by atoms with Gasteiger partial charge in [-0.2, -0.15) is 0 Å². The number of ether oxygens (including phenoxy) is 1. The number of nitrogen functional groups attached to an aromatic ring is 1. The van der Waals surface area contributed by atoms with Gasteiger partial charge in [0.15, 0.2) is 0 Å². The van der Waals surface area contributed by atoms with E-state index in [1.807, 2.05) is 25.1 Å². The average molecular weight is 436 g/mol. The summed E-state index contributed by atoms with van der Waals surface area (Å²) in [5.41, 5.74) is 10.6. The Balaban J connectivity index is 2.27. The van der Waals surface area contributed by atoms with Crippen LogP contribution in [0.4, 0.5) is 10.7 Å². The number of carbonyl (C=O) groups is 1. The van der Waals surface area contributed by atoms with Crippen LogP contribution in [-0.2, 0) is 14.9 Å². The Kier molecular flexibility index (Phi) is 8.58. The number of nitrogens with zero attached hydrogens (tertiary/aromatic N) is 1. The molecule has 0 atom stereocenters. The molecular formula is C22H33N3O2S2. The first-order valence-corrected chi connectivity index (χ1v) is 11.8. The summed E-state index contributed by atoms with van der Waals surface area (Å²) in [7, 11) is 1.67. The standard InChI is InChI=1S/C22H33N3O2S2/c1-7-25(11-12-27-5)14-17(26)24-16-10-8-9-15(13-16)18-19(22(2,3)4)21(28-6)29-20(18)23/h8-10,13H,7,11-12,14,23H2,1-6H3,(H,24,26).